The number of hydrogen-bond donors (Lipinski definition) is 2. The summed E-state index contributed by atoms with van der Waals surface area (Å²) in [6.45, 7) is -0.769. The van der Waals surface area contributed by atoms with Crippen LogP contribution in [0.25, 0.3) is 0 Å². The van der Waals surface area contributed by atoms with Crippen LogP contribution >= 0.6 is 12.2 Å². The van der Waals surface area contributed by atoms with E-state index in [2.05, 4.69) is 15.4 Å². The van der Waals surface area contributed by atoms with Crippen molar-refractivity contribution >= 4 is 23.0 Å². The standard InChI is InChI=1S/C16H15F3N2OS/c1-10-2-7-13(14(8-10)22-15(18)19)21-16(23)20-9-11-3-5-12(17)6-4-11/h2-8,15H,9H2,1H3,(H2,20,21,23). The third kappa shape index (κ3) is 5.45. The van der Waals surface area contributed by atoms with Gasteiger partial charge in [-0.05, 0) is 54.5 Å². The molecule has 0 saturated heterocycles. The second kappa shape index (κ2) is 7.82. The third-order valence-corrected chi connectivity index (χ3v) is 3.21. The molecule has 0 aliphatic carbocycles. The molecule has 0 bridgehead atoms. The summed E-state index contributed by atoms with van der Waals surface area (Å²) < 4.78 is 42.2. The van der Waals surface area contributed by atoms with Crippen LogP contribution in [0.15, 0.2) is 42.5 Å². The second-order valence-electron chi connectivity index (χ2n) is 4.81. The van der Waals surface area contributed by atoms with E-state index < -0.39 is 6.61 Å². The van der Waals surface area contributed by atoms with Crippen LogP contribution in [0.1, 0.15) is 11.1 Å². The lowest BCUT2D eigenvalue weighted by molar-refractivity contribution is -0.0493. The van der Waals surface area contributed by atoms with Gasteiger partial charge in [-0.3, -0.25) is 0 Å². The number of hydrogen-bond acceptors (Lipinski definition) is 2. The minimum atomic E-state index is -2.92. The number of benzene rings is 2. The first kappa shape index (κ1) is 17.1. The summed E-state index contributed by atoms with van der Waals surface area (Å²) in [6, 6.07) is 10.8. The molecule has 0 atom stereocenters. The Morgan fingerprint density at radius 2 is 1.87 bits per heavy atom. The van der Waals surface area contributed by atoms with E-state index in [1.165, 1.54) is 18.2 Å². The number of thiocarbonyl (C=S) groups is 1. The number of aryl methyl sites for hydroxylation is 1. The highest BCUT2D eigenvalue weighted by molar-refractivity contribution is 7.80. The van der Waals surface area contributed by atoms with Crippen molar-refractivity contribution in [1.29, 1.82) is 0 Å². The molecule has 2 N–H and O–H groups in total. The second-order valence-corrected chi connectivity index (χ2v) is 5.22. The summed E-state index contributed by atoms with van der Waals surface area (Å²) in [7, 11) is 0. The average molecular weight is 340 g/mol. The normalized spacial score (nSPS) is 10.5. The van der Waals surface area contributed by atoms with Crippen molar-refractivity contribution < 1.29 is 17.9 Å². The van der Waals surface area contributed by atoms with Crippen molar-refractivity contribution in [2.75, 3.05) is 5.32 Å². The van der Waals surface area contributed by atoms with Gasteiger partial charge in [0, 0.05) is 6.54 Å². The summed E-state index contributed by atoms with van der Waals surface area (Å²) in [6.07, 6.45) is 0. The first-order valence-corrected chi connectivity index (χ1v) is 7.19. The summed E-state index contributed by atoms with van der Waals surface area (Å²) in [5, 5.41) is 5.98. The molecule has 7 heteroatoms. The maximum Gasteiger partial charge on any atom is 0.387 e. The van der Waals surface area contributed by atoms with Crippen molar-refractivity contribution in [3.63, 3.8) is 0 Å². The van der Waals surface area contributed by atoms with Gasteiger partial charge in [-0.1, -0.05) is 18.2 Å². The van der Waals surface area contributed by atoms with Crippen molar-refractivity contribution in [2.24, 2.45) is 0 Å². The summed E-state index contributed by atoms with van der Waals surface area (Å²) in [5.41, 5.74) is 1.97. The Morgan fingerprint density at radius 3 is 2.52 bits per heavy atom. The number of halogens is 3. The predicted molar refractivity (Wildman–Crippen MR) is 87.3 cm³/mol. The van der Waals surface area contributed by atoms with Gasteiger partial charge in [0.15, 0.2) is 5.11 Å². The number of ether oxygens (including phenoxy) is 1. The molecule has 2 rings (SSSR count). The molecule has 0 amide bonds. The average Bonchev–Trinajstić information content (AvgIpc) is 2.49. The van der Waals surface area contributed by atoms with Crippen molar-refractivity contribution in [2.45, 2.75) is 20.1 Å². The Balaban J connectivity index is 1.98. The Hall–Kier alpha value is -2.28. The lowest BCUT2D eigenvalue weighted by Crippen LogP contribution is -2.28. The van der Waals surface area contributed by atoms with Crippen LogP contribution < -0.4 is 15.4 Å². The van der Waals surface area contributed by atoms with Crippen LogP contribution in [0.4, 0.5) is 18.9 Å². The molecule has 0 spiro atoms. The lowest BCUT2D eigenvalue weighted by Gasteiger charge is -2.15. The topological polar surface area (TPSA) is 33.3 Å². The number of alkyl halides is 2. The van der Waals surface area contributed by atoms with Gasteiger partial charge >= 0.3 is 6.61 Å². The minimum Gasteiger partial charge on any atom is -0.433 e. The number of rotatable bonds is 5. The fourth-order valence-corrected chi connectivity index (χ4v) is 2.06. The molecule has 0 fully saturated rings. The minimum absolute atomic E-state index is 0.0194. The van der Waals surface area contributed by atoms with Gasteiger partial charge < -0.3 is 15.4 Å². The molecule has 0 aromatic heterocycles. The van der Waals surface area contributed by atoms with Gasteiger partial charge in [-0.15, -0.1) is 0 Å². The molecule has 2 aromatic rings. The van der Waals surface area contributed by atoms with Crippen LogP contribution in [0, 0.1) is 12.7 Å². The molecular formula is C16H15F3N2OS. The van der Waals surface area contributed by atoms with E-state index in [-0.39, 0.29) is 16.7 Å². The highest BCUT2D eigenvalue weighted by Crippen LogP contribution is 2.27. The molecule has 122 valence electrons. The largest absolute Gasteiger partial charge is 0.433 e. The molecule has 0 radical (unpaired) electrons. The Morgan fingerprint density at radius 1 is 1.17 bits per heavy atom. The molecule has 0 aliphatic rings. The van der Waals surface area contributed by atoms with Crippen molar-refractivity contribution in [1.82, 2.24) is 5.32 Å². The summed E-state index contributed by atoms with van der Waals surface area (Å²) >= 11 is 5.13. The van der Waals surface area contributed by atoms with E-state index in [0.717, 1.165) is 11.1 Å². The predicted octanol–water partition coefficient (Wildman–Crippen LogP) is 4.22. The molecule has 0 saturated carbocycles. The molecule has 0 unspecified atom stereocenters. The zero-order chi connectivity index (χ0) is 16.8. The molecule has 23 heavy (non-hydrogen) atoms. The van der Waals surface area contributed by atoms with Gasteiger partial charge in [0.25, 0.3) is 0 Å². The molecule has 0 aliphatic heterocycles. The van der Waals surface area contributed by atoms with Crippen LogP contribution in [-0.4, -0.2) is 11.7 Å². The van der Waals surface area contributed by atoms with Crippen LogP contribution in [0.2, 0.25) is 0 Å². The Bertz CT molecular complexity index is 678. The zero-order valence-electron chi connectivity index (χ0n) is 12.3. The van der Waals surface area contributed by atoms with Crippen LogP contribution in [0.5, 0.6) is 5.75 Å². The Kier molecular flexibility index (Phi) is 5.81. The number of anilines is 1. The monoisotopic (exact) mass is 340 g/mol. The number of nitrogens with one attached hydrogen (secondary N) is 2. The first-order chi connectivity index (χ1) is 10.9. The van der Waals surface area contributed by atoms with E-state index >= 15 is 0 Å². The smallest absolute Gasteiger partial charge is 0.387 e. The quantitative estimate of drug-likeness (QED) is 0.799. The van der Waals surface area contributed by atoms with E-state index in [0.29, 0.717) is 12.2 Å². The zero-order valence-corrected chi connectivity index (χ0v) is 13.1. The van der Waals surface area contributed by atoms with Gasteiger partial charge in [0.05, 0.1) is 5.69 Å². The molecule has 2 aromatic carbocycles. The molecular weight excluding hydrogens is 325 g/mol. The van der Waals surface area contributed by atoms with Crippen molar-refractivity contribution in [3.8, 4) is 5.75 Å². The first-order valence-electron chi connectivity index (χ1n) is 6.79. The SMILES string of the molecule is Cc1ccc(NC(=S)NCc2ccc(F)cc2)c(OC(F)F)c1. The third-order valence-electron chi connectivity index (χ3n) is 2.97. The van der Waals surface area contributed by atoms with E-state index in [9.17, 15) is 13.2 Å². The van der Waals surface area contributed by atoms with E-state index in [1.54, 1.807) is 31.2 Å². The van der Waals surface area contributed by atoms with Crippen LogP contribution in [-0.2, 0) is 6.54 Å². The van der Waals surface area contributed by atoms with Gasteiger partial charge in [0.2, 0.25) is 0 Å². The highest BCUT2D eigenvalue weighted by atomic mass is 32.1. The van der Waals surface area contributed by atoms with Gasteiger partial charge in [-0.25, -0.2) is 4.39 Å². The lowest BCUT2D eigenvalue weighted by atomic mass is 10.2. The van der Waals surface area contributed by atoms with Crippen LogP contribution in [0.3, 0.4) is 0 Å². The van der Waals surface area contributed by atoms with E-state index in [4.69, 9.17) is 12.2 Å². The van der Waals surface area contributed by atoms with E-state index in [1.807, 2.05) is 0 Å². The summed E-state index contributed by atoms with van der Waals surface area (Å²) in [5.74, 6) is -0.297. The summed E-state index contributed by atoms with van der Waals surface area (Å²) in [4.78, 5) is 0. The van der Waals surface area contributed by atoms with Gasteiger partial charge in [0.1, 0.15) is 11.6 Å². The Labute approximate surface area is 137 Å². The fourth-order valence-electron chi connectivity index (χ4n) is 1.88. The maximum absolute atomic E-state index is 12.8. The van der Waals surface area contributed by atoms with Gasteiger partial charge in [-0.2, -0.15) is 8.78 Å². The fraction of sp³-hybridized carbons (Fsp3) is 0.188. The van der Waals surface area contributed by atoms with Crippen molar-refractivity contribution in [3.05, 3.63) is 59.4 Å². The maximum atomic E-state index is 12.8. The highest BCUT2D eigenvalue weighted by Gasteiger charge is 2.11. The molecule has 3 nitrogen and oxygen atoms in total. The molecule has 0 heterocycles.